The lowest BCUT2D eigenvalue weighted by atomic mass is 9.83. The zero-order valence-corrected chi connectivity index (χ0v) is 25.6. The third-order valence-corrected chi connectivity index (χ3v) is 10.1. The van der Waals surface area contributed by atoms with Crippen LogP contribution in [0.2, 0.25) is 10.0 Å². The fraction of sp³-hybridized carbons (Fsp3) is 0.111. The van der Waals surface area contributed by atoms with Crippen molar-refractivity contribution in [2.24, 2.45) is 4.99 Å². The number of hydrogen-bond acceptors (Lipinski definition) is 3. The number of aryl methyl sites for hydroxylation is 1. The summed E-state index contributed by atoms with van der Waals surface area (Å²) in [7, 11) is 0. The van der Waals surface area contributed by atoms with Gasteiger partial charge >= 0.3 is 0 Å². The van der Waals surface area contributed by atoms with E-state index in [4.69, 9.17) is 28.2 Å². The van der Waals surface area contributed by atoms with Crippen LogP contribution in [0.1, 0.15) is 40.3 Å². The van der Waals surface area contributed by atoms with E-state index in [1.165, 1.54) is 23.0 Å². The Morgan fingerprint density at radius 2 is 1.75 bits per heavy atom. The minimum Gasteiger partial charge on any atom is -0.342 e. The number of benzene rings is 4. The molecular formula is C36H24Cl2FN3OS. The molecule has 4 nitrogen and oxygen atoms in total. The summed E-state index contributed by atoms with van der Waals surface area (Å²) in [6.45, 7) is 0.378. The molecule has 0 saturated carbocycles. The first-order chi connectivity index (χ1) is 21.5. The van der Waals surface area contributed by atoms with Gasteiger partial charge in [0.25, 0.3) is 5.56 Å². The lowest BCUT2D eigenvalue weighted by Gasteiger charge is -2.31. The highest BCUT2D eigenvalue weighted by Crippen LogP contribution is 2.43. The lowest BCUT2D eigenvalue weighted by molar-refractivity contribution is 0.585. The second-order valence-electron chi connectivity index (χ2n) is 11.1. The molecule has 1 aliphatic heterocycles. The van der Waals surface area contributed by atoms with Crippen LogP contribution in [0.15, 0.2) is 113 Å². The van der Waals surface area contributed by atoms with Gasteiger partial charge in [-0.3, -0.25) is 9.36 Å². The van der Waals surface area contributed by atoms with Crippen molar-refractivity contribution in [3.8, 4) is 0 Å². The Labute approximate surface area is 266 Å². The van der Waals surface area contributed by atoms with Crippen molar-refractivity contribution in [3.63, 3.8) is 0 Å². The molecule has 0 amide bonds. The van der Waals surface area contributed by atoms with E-state index in [-0.39, 0.29) is 11.4 Å². The van der Waals surface area contributed by atoms with Crippen molar-refractivity contribution in [3.05, 3.63) is 166 Å². The number of rotatable bonds is 4. The maximum Gasteiger partial charge on any atom is 0.271 e. The number of nitrogens with zero attached hydrogens (tertiary/aromatic N) is 3. The molecule has 6 aromatic rings. The molecule has 4 aromatic carbocycles. The molecule has 0 bridgehead atoms. The van der Waals surface area contributed by atoms with Crippen LogP contribution in [0.25, 0.3) is 22.7 Å². The topological polar surface area (TPSA) is 39.3 Å². The van der Waals surface area contributed by atoms with E-state index in [1.807, 2.05) is 65.4 Å². The van der Waals surface area contributed by atoms with Gasteiger partial charge in [-0.05, 0) is 59.9 Å². The van der Waals surface area contributed by atoms with E-state index in [1.54, 1.807) is 22.8 Å². The highest BCUT2D eigenvalue weighted by atomic mass is 35.5. The van der Waals surface area contributed by atoms with E-state index in [0.717, 1.165) is 51.7 Å². The zero-order valence-electron chi connectivity index (χ0n) is 23.3. The monoisotopic (exact) mass is 635 g/mol. The highest BCUT2D eigenvalue weighted by molar-refractivity contribution is 7.07. The molecule has 8 heteroatoms. The second-order valence-corrected chi connectivity index (χ2v) is 13.0. The molecule has 0 fully saturated rings. The van der Waals surface area contributed by atoms with E-state index < -0.39 is 6.04 Å². The smallest absolute Gasteiger partial charge is 0.271 e. The van der Waals surface area contributed by atoms with Crippen LogP contribution >= 0.6 is 34.5 Å². The Balaban J connectivity index is 1.34. The van der Waals surface area contributed by atoms with Gasteiger partial charge in [-0.15, -0.1) is 0 Å². The van der Waals surface area contributed by atoms with Crippen LogP contribution in [0.3, 0.4) is 0 Å². The van der Waals surface area contributed by atoms with Crippen molar-refractivity contribution >= 4 is 57.2 Å². The Morgan fingerprint density at radius 3 is 2.61 bits per heavy atom. The summed E-state index contributed by atoms with van der Waals surface area (Å²) in [5.74, 6) is -0.244. The molecule has 8 rings (SSSR count). The van der Waals surface area contributed by atoms with Gasteiger partial charge in [-0.25, -0.2) is 9.38 Å². The molecule has 1 aliphatic carbocycles. The van der Waals surface area contributed by atoms with Crippen molar-refractivity contribution < 1.29 is 4.39 Å². The summed E-state index contributed by atoms with van der Waals surface area (Å²) in [4.78, 5) is 20.1. The minimum atomic E-state index is -0.399. The summed E-state index contributed by atoms with van der Waals surface area (Å²) in [6.07, 6.45) is 5.55. The van der Waals surface area contributed by atoms with Crippen molar-refractivity contribution in [1.29, 1.82) is 0 Å². The van der Waals surface area contributed by atoms with Crippen LogP contribution < -0.4 is 14.9 Å². The molecule has 0 spiro atoms. The predicted molar refractivity (Wildman–Crippen MR) is 177 cm³/mol. The number of halogens is 3. The van der Waals surface area contributed by atoms with Crippen molar-refractivity contribution in [2.75, 3.05) is 0 Å². The number of fused-ring (bicyclic) bond motifs is 4. The van der Waals surface area contributed by atoms with Gasteiger partial charge in [0.1, 0.15) is 5.82 Å². The lowest BCUT2D eigenvalue weighted by Crippen LogP contribution is -2.38. The van der Waals surface area contributed by atoms with E-state index in [2.05, 4.69) is 18.2 Å². The van der Waals surface area contributed by atoms with E-state index in [9.17, 15) is 9.18 Å². The normalized spacial score (nSPS) is 16.1. The van der Waals surface area contributed by atoms with Crippen LogP contribution in [-0.2, 0) is 13.0 Å². The molecular weight excluding hydrogens is 612 g/mol. The van der Waals surface area contributed by atoms with Crippen LogP contribution in [0, 0.1) is 5.82 Å². The van der Waals surface area contributed by atoms with Gasteiger partial charge in [-0.1, -0.05) is 101 Å². The first-order valence-corrected chi connectivity index (χ1v) is 15.9. The van der Waals surface area contributed by atoms with Gasteiger partial charge in [0.2, 0.25) is 0 Å². The van der Waals surface area contributed by atoms with Gasteiger partial charge in [0.15, 0.2) is 4.80 Å². The van der Waals surface area contributed by atoms with Crippen LogP contribution in [-0.4, -0.2) is 9.13 Å². The van der Waals surface area contributed by atoms with E-state index in [0.29, 0.717) is 31.5 Å². The van der Waals surface area contributed by atoms with Crippen molar-refractivity contribution in [1.82, 2.24) is 9.13 Å². The third kappa shape index (κ3) is 4.48. The van der Waals surface area contributed by atoms with Gasteiger partial charge in [0, 0.05) is 43.8 Å². The average Bonchev–Trinajstić information content (AvgIpc) is 3.53. The number of allylic oxidation sites excluding steroid dienone is 1. The quantitative estimate of drug-likeness (QED) is 0.195. The summed E-state index contributed by atoms with van der Waals surface area (Å²) in [5.41, 5.74) is 7.49. The molecule has 0 saturated heterocycles. The number of aromatic nitrogens is 2. The number of thiazole rings is 1. The average molecular weight is 637 g/mol. The minimum absolute atomic E-state index is 0.124. The third-order valence-electron chi connectivity index (χ3n) is 8.53. The molecule has 0 N–H and O–H groups in total. The molecule has 3 heterocycles. The second kappa shape index (κ2) is 10.7. The maximum atomic E-state index is 14.6. The standard InChI is InChI=1S/C36H24Cl2FN3OS/c37-24-14-16-27(29(38)18-24)34-28-15-13-21-7-1-3-10-26(21)33(28)40-36-42(34)35(43)32(44-36)17-23-20-41(31-12-6-4-9-25(23)31)19-22-8-2-5-11-30(22)39/h1-12,14,16-18,20,34H,13,15,19H2/t34-/m1/s1. The fourth-order valence-electron chi connectivity index (χ4n) is 6.49. The molecule has 216 valence electrons. The molecule has 0 radical (unpaired) electrons. The fourth-order valence-corrected chi connectivity index (χ4v) is 8.00. The van der Waals surface area contributed by atoms with Crippen LogP contribution in [0.5, 0.6) is 0 Å². The number of para-hydroxylation sites is 1. The van der Waals surface area contributed by atoms with Gasteiger partial charge in [-0.2, -0.15) is 0 Å². The molecule has 2 aliphatic rings. The van der Waals surface area contributed by atoms with Crippen LogP contribution in [0.4, 0.5) is 4.39 Å². The molecule has 1 atom stereocenters. The molecule has 2 aromatic heterocycles. The zero-order chi connectivity index (χ0) is 29.9. The first-order valence-electron chi connectivity index (χ1n) is 14.4. The Kier molecular flexibility index (Phi) is 6.67. The summed E-state index contributed by atoms with van der Waals surface area (Å²) in [6, 6.07) is 28.2. The Hall–Kier alpha value is -4.23. The SMILES string of the molecule is O=c1c(=Cc2cn(Cc3ccccc3F)c3ccccc23)sc2n1[C@H](c1ccc(Cl)cc1Cl)C1=C(N=2)c2ccccc2CC1. The maximum absolute atomic E-state index is 14.6. The Morgan fingerprint density at radius 1 is 0.955 bits per heavy atom. The molecule has 44 heavy (non-hydrogen) atoms. The van der Waals surface area contributed by atoms with Gasteiger partial charge < -0.3 is 4.57 Å². The van der Waals surface area contributed by atoms with Crippen molar-refractivity contribution in [2.45, 2.75) is 25.4 Å². The Bertz CT molecular complexity index is 2350. The summed E-state index contributed by atoms with van der Waals surface area (Å²) in [5, 5.41) is 2.04. The summed E-state index contributed by atoms with van der Waals surface area (Å²) < 4.78 is 19.0. The van der Waals surface area contributed by atoms with Gasteiger partial charge in [0.05, 0.1) is 22.8 Å². The first kappa shape index (κ1) is 27.3. The number of hydrogen-bond donors (Lipinski definition) is 0. The summed E-state index contributed by atoms with van der Waals surface area (Å²) >= 11 is 14.5. The highest BCUT2D eigenvalue weighted by Gasteiger charge is 2.33. The largest absolute Gasteiger partial charge is 0.342 e. The van der Waals surface area contributed by atoms with E-state index >= 15 is 0 Å². The predicted octanol–water partition coefficient (Wildman–Crippen LogP) is 7.77. The molecule has 0 unspecified atom stereocenters.